The molecule has 1 amide bonds. The Labute approximate surface area is 118 Å². The topological polar surface area (TPSA) is 98.2 Å². The van der Waals surface area contributed by atoms with E-state index in [1.54, 1.807) is 0 Å². The molecule has 1 N–H and O–H groups in total. The van der Waals surface area contributed by atoms with Gasteiger partial charge in [0, 0.05) is 46.2 Å². The minimum Gasteiger partial charge on any atom is -0.481 e. The number of likely N-dealkylation sites (tertiary alicyclic amines) is 1. The zero-order valence-electron chi connectivity index (χ0n) is 11.5. The summed E-state index contributed by atoms with van der Waals surface area (Å²) in [6, 6.07) is -0.221. The minimum atomic E-state index is -3.47. The molecule has 0 radical (unpaired) electrons. The van der Waals surface area contributed by atoms with Crippen LogP contribution in [0.25, 0.3) is 0 Å². The van der Waals surface area contributed by atoms with Crippen LogP contribution in [0.3, 0.4) is 0 Å². The van der Waals surface area contributed by atoms with Gasteiger partial charge in [0.15, 0.2) is 0 Å². The van der Waals surface area contributed by atoms with Gasteiger partial charge in [-0.1, -0.05) is 0 Å². The minimum absolute atomic E-state index is 0.00621. The Kier molecular flexibility index (Phi) is 4.03. The van der Waals surface area contributed by atoms with Crippen LogP contribution in [0.15, 0.2) is 0 Å². The molecular formula is C11H19N3O5S. The Morgan fingerprint density at radius 3 is 2.50 bits per heavy atom. The first-order chi connectivity index (χ1) is 9.23. The predicted molar refractivity (Wildman–Crippen MR) is 70.0 cm³/mol. The molecule has 0 aliphatic carbocycles. The van der Waals surface area contributed by atoms with Crippen molar-refractivity contribution < 1.29 is 23.1 Å². The Balaban J connectivity index is 2.04. The summed E-state index contributed by atoms with van der Waals surface area (Å²) in [5.74, 6) is -1.86. The largest absolute Gasteiger partial charge is 0.481 e. The number of carbonyl (C=O) groups excluding carboxylic acids is 1. The number of hydrogen-bond donors (Lipinski definition) is 1. The van der Waals surface area contributed by atoms with Crippen molar-refractivity contribution in [3.05, 3.63) is 0 Å². The Morgan fingerprint density at radius 1 is 1.35 bits per heavy atom. The molecule has 0 saturated carbocycles. The van der Waals surface area contributed by atoms with Gasteiger partial charge in [-0.2, -0.15) is 17.0 Å². The zero-order valence-corrected chi connectivity index (χ0v) is 12.3. The molecule has 0 aromatic heterocycles. The van der Waals surface area contributed by atoms with Crippen LogP contribution in [0.1, 0.15) is 12.8 Å². The fourth-order valence-electron chi connectivity index (χ4n) is 2.66. The summed E-state index contributed by atoms with van der Waals surface area (Å²) < 4.78 is 26.5. The lowest BCUT2D eigenvalue weighted by molar-refractivity contribution is -0.141. The van der Waals surface area contributed by atoms with Gasteiger partial charge < -0.3 is 10.0 Å². The monoisotopic (exact) mass is 305 g/mol. The van der Waals surface area contributed by atoms with Crippen molar-refractivity contribution in [2.75, 3.05) is 33.7 Å². The number of rotatable bonds is 4. The maximum absolute atomic E-state index is 12.0. The number of carboxylic acids is 1. The molecule has 0 bridgehead atoms. The van der Waals surface area contributed by atoms with E-state index in [-0.39, 0.29) is 31.5 Å². The third-order valence-electron chi connectivity index (χ3n) is 3.86. The maximum atomic E-state index is 12.0. The second-order valence-electron chi connectivity index (χ2n) is 5.38. The molecule has 2 rings (SSSR count). The standard InChI is InChI=1S/C11H19N3O5S/c1-12(2)20(18,19)13-4-3-9(7-13)14-6-8(11(16)17)5-10(14)15/h8-9H,3-7H2,1-2H3,(H,16,17). The quantitative estimate of drug-likeness (QED) is 0.703. The molecule has 9 heteroatoms. The van der Waals surface area contributed by atoms with Crippen molar-refractivity contribution in [1.82, 2.24) is 13.5 Å². The highest BCUT2D eigenvalue weighted by Crippen LogP contribution is 2.26. The van der Waals surface area contributed by atoms with Crippen LogP contribution >= 0.6 is 0 Å². The van der Waals surface area contributed by atoms with Gasteiger partial charge >= 0.3 is 5.97 Å². The van der Waals surface area contributed by atoms with Crippen LogP contribution in [0, 0.1) is 5.92 Å². The highest BCUT2D eigenvalue weighted by molar-refractivity contribution is 7.86. The van der Waals surface area contributed by atoms with E-state index < -0.39 is 22.1 Å². The summed E-state index contributed by atoms with van der Waals surface area (Å²) in [7, 11) is -0.549. The smallest absolute Gasteiger partial charge is 0.308 e. The molecule has 0 aromatic rings. The second-order valence-corrected chi connectivity index (χ2v) is 7.52. The van der Waals surface area contributed by atoms with E-state index in [4.69, 9.17) is 5.11 Å². The van der Waals surface area contributed by atoms with Crippen molar-refractivity contribution in [2.45, 2.75) is 18.9 Å². The normalized spacial score (nSPS) is 28.6. The first kappa shape index (κ1) is 15.2. The highest BCUT2D eigenvalue weighted by atomic mass is 32.2. The molecule has 2 unspecified atom stereocenters. The highest BCUT2D eigenvalue weighted by Gasteiger charge is 2.42. The Morgan fingerprint density at radius 2 is 2.00 bits per heavy atom. The predicted octanol–water partition coefficient (Wildman–Crippen LogP) is -1.20. The summed E-state index contributed by atoms with van der Waals surface area (Å²) in [6.45, 7) is 0.764. The van der Waals surface area contributed by atoms with Crippen LogP contribution in [0.4, 0.5) is 0 Å². The van der Waals surface area contributed by atoms with E-state index in [9.17, 15) is 18.0 Å². The number of carboxylic acid groups (broad SMARTS) is 1. The number of nitrogens with zero attached hydrogens (tertiary/aromatic N) is 3. The van der Waals surface area contributed by atoms with Gasteiger partial charge in [-0.15, -0.1) is 0 Å². The van der Waals surface area contributed by atoms with E-state index in [2.05, 4.69) is 0 Å². The van der Waals surface area contributed by atoms with Crippen LogP contribution < -0.4 is 0 Å². The lowest BCUT2D eigenvalue weighted by atomic mass is 10.1. The number of hydrogen-bond acceptors (Lipinski definition) is 4. The van der Waals surface area contributed by atoms with Gasteiger partial charge in [0.1, 0.15) is 0 Å². The SMILES string of the molecule is CN(C)S(=O)(=O)N1CCC(N2CC(C(=O)O)CC2=O)C1. The molecule has 20 heavy (non-hydrogen) atoms. The summed E-state index contributed by atoms with van der Waals surface area (Å²) >= 11 is 0. The molecule has 2 saturated heterocycles. The second kappa shape index (κ2) is 5.30. The average Bonchev–Trinajstić information content (AvgIpc) is 2.94. The molecule has 0 spiro atoms. The lowest BCUT2D eigenvalue weighted by Gasteiger charge is -2.25. The van der Waals surface area contributed by atoms with Crippen LogP contribution in [0.2, 0.25) is 0 Å². The number of carbonyl (C=O) groups is 2. The number of aliphatic carboxylic acids is 1. The van der Waals surface area contributed by atoms with E-state index in [0.29, 0.717) is 13.0 Å². The Hall–Kier alpha value is -1.19. The fraction of sp³-hybridized carbons (Fsp3) is 0.818. The summed E-state index contributed by atoms with van der Waals surface area (Å²) in [5, 5.41) is 8.95. The third kappa shape index (κ3) is 2.65. The average molecular weight is 305 g/mol. The Bertz CT molecular complexity index is 518. The van der Waals surface area contributed by atoms with E-state index in [1.165, 1.54) is 23.3 Å². The van der Waals surface area contributed by atoms with Gasteiger partial charge in [0.25, 0.3) is 10.2 Å². The van der Waals surface area contributed by atoms with Crippen molar-refractivity contribution in [2.24, 2.45) is 5.92 Å². The van der Waals surface area contributed by atoms with Gasteiger partial charge in [-0.05, 0) is 6.42 Å². The number of amides is 1. The molecule has 2 atom stereocenters. The molecule has 2 heterocycles. The molecule has 114 valence electrons. The summed E-state index contributed by atoms with van der Waals surface area (Å²) in [6.07, 6.45) is 0.553. The first-order valence-corrected chi connectivity index (χ1v) is 7.83. The lowest BCUT2D eigenvalue weighted by Crippen LogP contribution is -2.43. The summed E-state index contributed by atoms with van der Waals surface area (Å²) in [4.78, 5) is 24.3. The van der Waals surface area contributed by atoms with Crippen molar-refractivity contribution in [3.8, 4) is 0 Å². The zero-order chi connectivity index (χ0) is 15.1. The summed E-state index contributed by atoms with van der Waals surface area (Å²) in [5.41, 5.74) is 0. The molecule has 2 aliphatic rings. The van der Waals surface area contributed by atoms with E-state index in [1.807, 2.05) is 0 Å². The van der Waals surface area contributed by atoms with E-state index >= 15 is 0 Å². The molecule has 2 aliphatic heterocycles. The molecule has 2 fully saturated rings. The molecular weight excluding hydrogens is 286 g/mol. The van der Waals surface area contributed by atoms with Crippen molar-refractivity contribution in [1.29, 1.82) is 0 Å². The van der Waals surface area contributed by atoms with Gasteiger partial charge in [0.05, 0.1) is 5.92 Å². The van der Waals surface area contributed by atoms with Crippen LogP contribution in [-0.2, 0) is 19.8 Å². The molecule has 8 nitrogen and oxygen atoms in total. The maximum Gasteiger partial charge on any atom is 0.308 e. The van der Waals surface area contributed by atoms with Crippen LogP contribution in [-0.4, -0.2) is 78.7 Å². The van der Waals surface area contributed by atoms with Gasteiger partial charge in [-0.3, -0.25) is 9.59 Å². The van der Waals surface area contributed by atoms with Crippen molar-refractivity contribution in [3.63, 3.8) is 0 Å². The fourth-order valence-corrected chi connectivity index (χ4v) is 3.81. The third-order valence-corrected chi connectivity index (χ3v) is 5.77. The molecule has 0 aromatic carbocycles. The van der Waals surface area contributed by atoms with E-state index in [0.717, 1.165) is 4.31 Å². The van der Waals surface area contributed by atoms with Crippen molar-refractivity contribution >= 4 is 22.1 Å². The van der Waals surface area contributed by atoms with Gasteiger partial charge in [0.2, 0.25) is 5.91 Å². The van der Waals surface area contributed by atoms with Gasteiger partial charge in [-0.25, -0.2) is 0 Å². The van der Waals surface area contributed by atoms with Crippen LogP contribution in [0.5, 0.6) is 0 Å². The first-order valence-electron chi connectivity index (χ1n) is 6.43.